The SMILES string of the molecule is CC(C)CC(C)NC(=O)NC(C)C. The summed E-state index contributed by atoms with van der Waals surface area (Å²) in [7, 11) is 0. The highest BCUT2D eigenvalue weighted by Crippen LogP contribution is 2.03. The molecule has 2 N–H and O–H groups in total. The molecular formula is C10H22N2O. The monoisotopic (exact) mass is 186 g/mol. The van der Waals surface area contributed by atoms with Gasteiger partial charge in [0.05, 0.1) is 0 Å². The third kappa shape index (κ3) is 7.62. The molecule has 0 aromatic rings. The summed E-state index contributed by atoms with van der Waals surface area (Å²) in [5.41, 5.74) is 0. The molecule has 0 heterocycles. The highest BCUT2D eigenvalue weighted by Gasteiger charge is 2.08. The van der Waals surface area contributed by atoms with E-state index in [2.05, 4.69) is 24.5 Å². The smallest absolute Gasteiger partial charge is 0.315 e. The molecule has 3 nitrogen and oxygen atoms in total. The summed E-state index contributed by atoms with van der Waals surface area (Å²) in [4.78, 5) is 11.2. The quantitative estimate of drug-likeness (QED) is 0.694. The normalized spacial score (nSPS) is 13.2. The summed E-state index contributed by atoms with van der Waals surface area (Å²) in [6, 6.07) is 0.383. The van der Waals surface area contributed by atoms with E-state index in [1.165, 1.54) is 0 Å². The second kappa shape index (κ2) is 5.84. The van der Waals surface area contributed by atoms with Crippen LogP contribution in [-0.4, -0.2) is 18.1 Å². The molecule has 0 fully saturated rings. The number of hydrogen-bond acceptors (Lipinski definition) is 1. The molecule has 78 valence electrons. The zero-order chi connectivity index (χ0) is 10.4. The lowest BCUT2D eigenvalue weighted by Crippen LogP contribution is -2.43. The van der Waals surface area contributed by atoms with Crippen LogP contribution in [0.5, 0.6) is 0 Å². The van der Waals surface area contributed by atoms with Crippen molar-refractivity contribution in [3.05, 3.63) is 0 Å². The van der Waals surface area contributed by atoms with Crippen LogP contribution >= 0.6 is 0 Å². The molecule has 0 bridgehead atoms. The van der Waals surface area contributed by atoms with Gasteiger partial charge >= 0.3 is 6.03 Å². The van der Waals surface area contributed by atoms with E-state index in [-0.39, 0.29) is 18.1 Å². The van der Waals surface area contributed by atoms with Crippen LogP contribution in [-0.2, 0) is 0 Å². The van der Waals surface area contributed by atoms with Gasteiger partial charge < -0.3 is 10.6 Å². The Hall–Kier alpha value is -0.730. The maximum atomic E-state index is 11.2. The summed E-state index contributed by atoms with van der Waals surface area (Å²) in [6.45, 7) is 10.2. The van der Waals surface area contributed by atoms with Crippen molar-refractivity contribution in [3.8, 4) is 0 Å². The number of carbonyl (C=O) groups excluding carboxylic acids is 1. The Labute approximate surface area is 81.3 Å². The van der Waals surface area contributed by atoms with Gasteiger partial charge in [-0.2, -0.15) is 0 Å². The lowest BCUT2D eigenvalue weighted by molar-refractivity contribution is 0.234. The summed E-state index contributed by atoms with van der Waals surface area (Å²) in [5, 5.41) is 5.69. The Morgan fingerprint density at radius 2 is 1.62 bits per heavy atom. The Kier molecular flexibility index (Phi) is 5.51. The third-order valence-electron chi connectivity index (χ3n) is 1.62. The van der Waals surface area contributed by atoms with E-state index in [1.807, 2.05) is 20.8 Å². The van der Waals surface area contributed by atoms with Crippen molar-refractivity contribution in [2.45, 2.75) is 53.1 Å². The van der Waals surface area contributed by atoms with Gasteiger partial charge in [0.2, 0.25) is 0 Å². The van der Waals surface area contributed by atoms with Gasteiger partial charge in [0, 0.05) is 12.1 Å². The minimum atomic E-state index is -0.0665. The van der Waals surface area contributed by atoms with Crippen molar-refractivity contribution in [1.29, 1.82) is 0 Å². The lowest BCUT2D eigenvalue weighted by atomic mass is 10.1. The molecule has 0 aliphatic rings. The maximum Gasteiger partial charge on any atom is 0.315 e. The van der Waals surface area contributed by atoms with Crippen molar-refractivity contribution in [2.75, 3.05) is 0 Å². The number of urea groups is 1. The molecule has 2 amide bonds. The van der Waals surface area contributed by atoms with Gasteiger partial charge in [0.1, 0.15) is 0 Å². The first-order valence-electron chi connectivity index (χ1n) is 4.98. The first kappa shape index (κ1) is 12.3. The average molecular weight is 186 g/mol. The van der Waals surface area contributed by atoms with Gasteiger partial charge in [-0.1, -0.05) is 13.8 Å². The van der Waals surface area contributed by atoms with Gasteiger partial charge in [-0.25, -0.2) is 4.79 Å². The second-order valence-corrected chi connectivity index (χ2v) is 4.30. The molecule has 1 unspecified atom stereocenters. The first-order chi connectivity index (χ1) is 5.91. The zero-order valence-corrected chi connectivity index (χ0v) is 9.35. The summed E-state index contributed by atoms with van der Waals surface area (Å²) in [5.74, 6) is 0.620. The number of hydrogen-bond donors (Lipinski definition) is 2. The molecule has 0 aromatic heterocycles. The van der Waals surface area contributed by atoms with Crippen LogP contribution in [0.15, 0.2) is 0 Å². The Balaban J connectivity index is 3.65. The van der Waals surface area contributed by atoms with Crippen molar-refractivity contribution in [2.24, 2.45) is 5.92 Å². The maximum absolute atomic E-state index is 11.2. The van der Waals surface area contributed by atoms with Gasteiger partial charge in [-0.3, -0.25) is 0 Å². The van der Waals surface area contributed by atoms with Gasteiger partial charge in [0.25, 0.3) is 0 Å². The Morgan fingerprint density at radius 3 is 2.00 bits per heavy atom. The van der Waals surface area contributed by atoms with E-state index >= 15 is 0 Å². The van der Waals surface area contributed by atoms with Crippen LogP contribution in [0.1, 0.15) is 41.0 Å². The minimum Gasteiger partial charge on any atom is -0.336 e. The molecule has 0 aliphatic heterocycles. The lowest BCUT2D eigenvalue weighted by Gasteiger charge is -2.17. The highest BCUT2D eigenvalue weighted by molar-refractivity contribution is 5.74. The van der Waals surface area contributed by atoms with E-state index in [9.17, 15) is 4.79 Å². The van der Waals surface area contributed by atoms with Crippen LogP contribution in [0.25, 0.3) is 0 Å². The van der Waals surface area contributed by atoms with E-state index in [0.717, 1.165) is 6.42 Å². The number of rotatable bonds is 4. The zero-order valence-electron chi connectivity index (χ0n) is 9.35. The van der Waals surface area contributed by atoms with E-state index < -0.39 is 0 Å². The number of carbonyl (C=O) groups is 1. The highest BCUT2D eigenvalue weighted by atomic mass is 16.2. The molecule has 0 aromatic carbocycles. The van der Waals surface area contributed by atoms with Crippen LogP contribution in [0.2, 0.25) is 0 Å². The van der Waals surface area contributed by atoms with Crippen molar-refractivity contribution < 1.29 is 4.79 Å². The molecule has 1 atom stereocenters. The van der Waals surface area contributed by atoms with E-state index in [0.29, 0.717) is 5.92 Å². The summed E-state index contributed by atoms with van der Waals surface area (Å²) in [6.07, 6.45) is 1.02. The van der Waals surface area contributed by atoms with Gasteiger partial charge in [0.15, 0.2) is 0 Å². The second-order valence-electron chi connectivity index (χ2n) is 4.30. The summed E-state index contributed by atoms with van der Waals surface area (Å²) >= 11 is 0. The van der Waals surface area contributed by atoms with Crippen LogP contribution in [0, 0.1) is 5.92 Å². The predicted molar refractivity (Wildman–Crippen MR) is 55.7 cm³/mol. The Bertz CT molecular complexity index is 155. The van der Waals surface area contributed by atoms with Crippen LogP contribution < -0.4 is 10.6 Å². The Morgan fingerprint density at radius 1 is 1.08 bits per heavy atom. The van der Waals surface area contributed by atoms with Crippen LogP contribution in [0.4, 0.5) is 4.79 Å². The molecule has 13 heavy (non-hydrogen) atoms. The third-order valence-corrected chi connectivity index (χ3v) is 1.62. The van der Waals surface area contributed by atoms with Gasteiger partial charge in [-0.05, 0) is 33.1 Å². The average Bonchev–Trinajstić information content (AvgIpc) is 1.80. The molecule has 0 spiro atoms. The van der Waals surface area contributed by atoms with E-state index in [1.54, 1.807) is 0 Å². The number of nitrogens with one attached hydrogen (secondary N) is 2. The molecule has 0 aliphatic carbocycles. The first-order valence-corrected chi connectivity index (χ1v) is 4.98. The standard InChI is InChI=1S/C10H22N2O/c1-7(2)6-9(5)12-10(13)11-8(3)4/h7-9H,6H2,1-5H3,(H2,11,12,13). The topological polar surface area (TPSA) is 41.1 Å². The van der Waals surface area contributed by atoms with Crippen molar-refractivity contribution >= 4 is 6.03 Å². The molecule has 3 heteroatoms. The molecule has 0 radical (unpaired) electrons. The van der Waals surface area contributed by atoms with Crippen molar-refractivity contribution in [1.82, 2.24) is 10.6 Å². The molecular weight excluding hydrogens is 164 g/mol. The molecule has 0 saturated heterocycles. The van der Waals surface area contributed by atoms with Crippen LogP contribution in [0.3, 0.4) is 0 Å². The fourth-order valence-corrected chi connectivity index (χ4v) is 1.29. The van der Waals surface area contributed by atoms with E-state index in [4.69, 9.17) is 0 Å². The number of amides is 2. The minimum absolute atomic E-state index is 0.0665. The molecule has 0 rings (SSSR count). The predicted octanol–water partition coefficient (Wildman–Crippen LogP) is 2.13. The fourth-order valence-electron chi connectivity index (χ4n) is 1.29. The van der Waals surface area contributed by atoms with Gasteiger partial charge in [-0.15, -0.1) is 0 Å². The fraction of sp³-hybridized carbons (Fsp3) is 0.900. The molecule has 0 saturated carbocycles. The van der Waals surface area contributed by atoms with Crippen molar-refractivity contribution in [3.63, 3.8) is 0 Å². The summed E-state index contributed by atoms with van der Waals surface area (Å²) < 4.78 is 0. The largest absolute Gasteiger partial charge is 0.336 e.